The lowest BCUT2D eigenvalue weighted by atomic mass is 9.80. The van der Waals surface area contributed by atoms with Gasteiger partial charge in [0.05, 0.1) is 11.4 Å². The summed E-state index contributed by atoms with van der Waals surface area (Å²) in [6.07, 6.45) is 0.347. The molecule has 2 aliphatic carbocycles. The van der Waals surface area contributed by atoms with Crippen molar-refractivity contribution in [2.45, 2.75) is 16.5 Å². The van der Waals surface area contributed by atoms with Crippen molar-refractivity contribution in [1.82, 2.24) is 0 Å². The predicted molar refractivity (Wildman–Crippen MR) is 131 cm³/mol. The molecule has 1 unspecified atom stereocenters. The zero-order valence-electron chi connectivity index (χ0n) is 20.0. The molecule has 2 aromatic carbocycles. The number of Topliss-reactive ketones (excluding diaryl/α,β-unsaturated/α-hetero) is 4. The highest BCUT2D eigenvalue weighted by molar-refractivity contribution is 7.87. The minimum Gasteiger partial charge on any atom is -0.378 e. The molecule has 0 radical (unpaired) electrons. The summed E-state index contributed by atoms with van der Waals surface area (Å²) in [7, 11) is -5.43. The highest BCUT2D eigenvalue weighted by Crippen LogP contribution is 2.41. The molecule has 2 aromatic rings. The van der Waals surface area contributed by atoms with Crippen molar-refractivity contribution in [1.29, 1.82) is 0 Å². The molecule has 0 bridgehead atoms. The average molecular weight is 582 g/mol. The van der Waals surface area contributed by atoms with E-state index in [0.29, 0.717) is 6.08 Å². The van der Waals surface area contributed by atoms with Crippen LogP contribution in [0, 0.1) is 5.92 Å². The molecule has 1 atom stereocenters. The van der Waals surface area contributed by atoms with Gasteiger partial charge >= 0.3 is 10.1 Å². The molecule has 4 N–H and O–H groups in total. The summed E-state index contributed by atoms with van der Waals surface area (Å²) in [5, 5.41) is 47.6. The molecule has 0 aliphatic heterocycles. The van der Waals surface area contributed by atoms with E-state index in [9.17, 15) is 48.0 Å². The summed E-state index contributed by atoms with van der Waals surface area (Å²) >= 11 is 0. The van der Waals surface area contributed by atoms with Crippen LogP contribution in [-0.2, 0) is 23.9 Å². The Morgan fingerprint density at radius 3 is 2.07 bits per heavy atom. The molecular formula is C23H14N6O11S. The van der Waals surface area contributed by atoms with Crippen molar-refractivity contribution >= 4 is 38.9 Å². The van der Waals surface area contributed by atoms with Gasteiger partial charge in [0, 0.05) is 26.5 Å². The van der Waals surface area contributed by atoms with Gasteiger partial charge in [-0.15, -0.1) is 0 Å². The first-order valence-electron chi connectivity index (χ1n) is 11.0. The van der Waals surface area contributed by atoms with E-state index >= 15 is 0 Å². The fourth-order valence-electron chi connectivity index (χ4n) is 4.04. The lowest BCUT2D eigenvalue weighted by Gasteiger charge is -2.39. The third-order valence-electron chi connectivity index (χ3n) is 6.03. The number of carbonyl (C=O) groups is 4. The lowest BCUT2D eigenvalue weighted by Crippen LogP contribution is -2.65. The van der Waals surface area contributed by atoms with Gasteiger partial charge in [-0.05, 0) is 23.2 Å². The van der Waals surface area contributed by atoms with Gasteiger partial charge in [0.25, 0.3) is 11.6 Å². The van der Waals surface area contributed by atoms with E-state index in [4.69, 9.17) is 15.2 Å². The maximum Gasteiger partial charge on any atom is 0.339 e. The second-order valence-electron chi connectivity index (χ2n) is 8.40. The molecule has 4 rings (SSSR count). The fourth-order valence-corrected chi connectivity index (χ4v) is 5.24. The van der Waals surface area contributed by atoms with Gasteiger partial charge in [-0.25, -0.2) is 0 Å². The van der Waals surface area contributed by atoms with Crippen LogP contribution in [0.3, 0.4) is 0 Å². The van der Waals surface area contributed by atoms with Crippen molar-refractivity contribution in [3.8, 4) is 0 Å². The normalized spacial score (nSPS) is 19.4. The van der Waals surface area contributed by atoms with E-state index in [0.717, 1.165) is 18.2 Å². The zero-order chi connectivity index (χ0) is 30.3. The van der Waals surface area contributed by atoms with Gasteiger partial charge in [-0.1, -0.05) is 52.7 Å². The average Bonchev–Trinajstić information content (AvgIpc) is 2.94. The Bertz CT molecular complexity index is 1820. The van der Waals surface area contributed by atoms with Crippen molar-refractivity contribution in [2.75, 3.05) is 0 Å². The Kier molecular flexibility index (Phi) is 7.09. The quantitative estimate of drug-likeness (QED) is 0.0516. The molecule has 0 fully saturated rings. The molecule has 17 nitrogen and oxygen atoms in total. The second kappa shape index (κ2) is 10.1. The van der Waals surface area contributed by atoms with Crippen LogP contribution in [0.2, 0.25) is 0 Å². The molecule has 0 saturated carbocycles. The smallest absolute Gasteiger partial charge is 0.339 e. The van der Waals surface area contributed by atoms with E-state index in [1.165, 1.54) is 30.3 Å². The van der Waals surface area contributed by atoms with Crippen molar-refractivity contribution in [2.24, 2.45) is 16.1 Å². The number of rotatable bonds is 7. The van der Waals surface area contributed by atoms with Gasteiger partial charge in [0.15, 0.2) is 11.5 Å². The standard InChI is InChI=1S/C23H14N6O11S/c24-28-26-16-15-11(19(31)20(32)17(16)27-29-25)7-4-8-13(15)41(38,39)40-14-9-12(18(30)10-5-2-1-3-6-10)21(33)23(36,37)22(14,34)35/h1-9,12,34-37H. The third-order valence-corrected chi connectivity index (χ3v) is 7.30. The zero-order valence-corrected chi connectivity index (χ0v) is 20.8. The molecule has 0 saturated heterocycles. The van der Waals surface area contributed by atoms with Crippen LogP contribution in [0.25, 0.3) is 26.6 Å². The first-order chi connectivity index (χ1) is 19.2. The van der Waals surface area contributed by atoms with Crippen molar-refractivity contribution in [3.63, 3.8) is 0 Å². The second-order valence-corrected chi connectivity index (χ2v) is 9.91. The van der Waals surface area contributed by atoms with Gasteiger partial charge in [-0.2, -0.15) is 8.42 Å². The molecule has 208 valence electrons. The molecule has 0 amide bonds. The van der Waals surface area contributed by atoms with Crippen molar-refractivity contribution < 1.29 is 52.2 Å². The molecule has 2 aliphatic rings. The highest BCUT2D eigenvalue weighted by Gasteiger charge is 2.63. The molecule has 18 heteroatoms. The number of azide groups is 2. The number of carbonyl (C=O) groups excluding carboxylic acids is 4. The molecule has 41 heavy (non-hydrogen) atoms. The van der Waals surface area contributed by atoms with Gasteiger partial charge in [-0.3, -0.25) is 19.2 Å². The summed E-state index contributed by atoms with van der Waals surface area (Å²) in [6, 6.07) is 9.52. The maximum atomic E-state index is 13.4. The largest absolute Gasteiger partial charge is 0.378 e. The van der Waals surface area contributed by atoms with E-state index in [1.54, 1.807) is 0 Å². The van der Waals surface area contributed by atoms with E-state index < -0.39 is 83.9 Å². The fraction of sp³-hybridized carbons (Fsp3) is 0.130. The van der Waals surface area contributed by atoms with Crippen LogP contribution in [0.4, 0.5) is 0 Å². The Balaban J connectivity index is 1.92. The number of nitrogens with zero attached hydrogens (tertiary/aromatic N) is 6. The van der Waals surface area contributed by atoms with Crippen LogP contribution in [0.15, 0.2) is 81.2 Å². The maximum absolute atomic E-state index is 13.4. The summed E-state index contributed by atoms with van der Waals surface area (Å²) in [6.45, 7) is 0. The van der Waals surface area contributed by atoms with Crippen LogP contribution in [-0.4, -0.2) is 63.6 Å². The Labute approximate surface area is 227 Å². The summed E-state index contributed by atoms with van der Waals surface area (Å²) in [5.41, 5.74) is 14.3. The number of hydrogen-bond acceptors (Lipinski definition) is 13. The van der Waals surface area contributed by atoms with Gasteiger partial charge in [0.1, 0.15) is 10.8 Å². The monoisotopic (exact) mass is 582 g/mol. The van der Waals surface area contributed by atoms with E-state index in [2.05, 4.69) is 20.1 Å². The summed E-state index contributed by atoms with van der Waals surface area (Å²) in [5.74, 6) is -17.8. The van der Waals surface area contributed by atoms with Crippen LogP contribution < -0.4 is 0 Å². The highest BCUT2D eigenvalue weighted by atomic mass is 32.2. The SMILES string of the molecule is [N-]=[N+]=NC1=C(N=[N+]=[N-])c2c(cccc2S(=O)(=O)OC2=CC(C(=O)c3ccccc3)C(=O)C(O)(O)C2(O)O)C(=O)C1=O. The first kappa shape index (κ1) is 28.8. The number of fused-ring (bicyclic) bond motifs is 1. The number of aliphatic hydroxyl groups is 4. The van der Waals surface area contributed by atoms with Gasteiger partial charge < -0.3 is 24.6 Å². The van der Waals surface area contributed by atoms with Crippen LogP contribution in [0.5, 0.6) is 0 Å². The first-order valence-corrected chi connectivity index (χ1v) is 12.4. The number of hydrogen-bond donors (Lipinski definition) is 4. The number of allylic oxidation sites excluding steroid dienone is 2. The lowest BCUT2D eigenvalue weighted by molar-refractivity contribution is -0.330. The number of benzene rings is 2. The Morgan fingerprint density at radius 1 is 0.854 bits per heavy atom. The van der Waals surface area contributed by atoms with Crippen LogP contribution >= 0.6 is 0 Å². The number of ketones is 4. The summed E-state index contributed by atoms with van der Waals surface area (Å²) in [4.78, 5) is 54.4. The summed E-state index contributed by atoms with van der Waals surface area (Å²) < 4.78 is 31.6. The predicted octanol–water partition coefficient (Wildman–Crippen LogP) is 0.774. The van der Waals surface area contributed by atoms with Crippen molar-refractivity contribution in [3.05, 3.63) is 104 Å². The Hall–Kier alpha value is -5.19. The van der Waals surface area contributed by atoms with E-state index in [1.807, 2.05) is 0 Å². The molecule has 0 aromatic heterocycles. The van der Waals surface area contributed by atoms with E-state index in [-0.39, 0.29) is 5.56 Å². The molecule has 0 spiro atoms. The third kappa shape index (κ3) is 4.54. The van der Waals surface area contributed by atoms with Crippen LogP contribution in [0.1, 0.15) is 26.3 Å². The van der Waals surface area contributed by atoms with Gasteiger partial charge in [0.2, 0.25) is 17.3 Å². The molecule has 0 heterocycles. The Morgan fingerprint density at radius 2 is 1.46 bits per heavy atom. The minimum atomic E-state index is -5.43. The minimum absolute atomic E-state index is 0.140. The topological polar surface area (TPSA) is 290 Å². The molecular weight excluding hydrogens is 568 g/mol.